The Morgan fingerprint density at radius 2 is 1.96 bits per heavy atom. The van der Waals surface area contributed by atoms with Gasteiger partial charge in [0, 0.05) is 30.7 Å². The number of thioether (sulfide) groups is 1. The van der Waals surface area contributed by atoms with Gasteiger partial charge in [0.05, 0.1) is 15.6 Å². The van der Waals surface area contributed by atoms with E-state index in [9.17, 15) is 9.59 Å². The molecule has 0 spiro atoms. The van der Waals surface area contributed by atoms with Gasteiger partial charge in [0.15, 0.2) is 0 Å². The lowest BCUT2D eigenvalue weighted by Crippen LogP contribution is -2.54. The van der Waals surface area contributed by atoms with Crippen LogP contribution in [-0.4, -0.2) is 36.3 Å². The Morgan fingerprint density at radius 1 is 1.26 bits per heavy atom. The maximum Gasteiger partial charge on any atom is 0.290 e. The SMILES string of the molecule is C[C@@H]1CN(c2c(Cl)cccc2/C=C2/SC(=O)NC2=O)C[C@H](C)N1. The third-order valence-corrected chi connectivity index (χ3v) is 4.94. The maximum absolute atomic E-state index is 11.8. The van der Waals surface area contributed by atoms with Crippen LogP contribution in [0.15, 0.2) is 23.1 Å². The van der Waals surface area contributed by atoms with Gasteiger partial charge in [-0.05, 0) is 37.8 Å². The summed E-state index contributed by atoms with van der Waals surface area (Å²) in [4.78, 5) is 25.8. The lowest BCUT2D eigenvalue weighted by Gasteiger charge is -2.38. The fraction of sp³-hybridized carbons (Fsp3) is 0.375. The highest BCUT2D eigenvalue weighted by Crippen LogP contribution is 2.35. The molecule has 2 aliphatic rings. The number of nitrogens with zero attached hydrogens (tertiary/aromatic N) is 1. The minimum Gasteiger partial charge on any atom is -0.367 e. The van der Waals surface area contributed by atoms with Crippen molar-refractivity contribution in [3.05, 3.63) is 33.7 Å². The van der Waals surface area contributed by atoms with E-state index >= 15 is 0 Å². The average Bonchev–Trinajstić information content (AvgIpc) is 2.76. The van der Waals surface area contributed by atoms with Crippen molar-refractivity contribution in [2.75, 3.05) is 18.0 Å². The molecule has 2 amide bonds. The van der Waals surface area contributed by atoms with E-state index in [4.69, 9.17) is 11.6 Å². The third kappa shape index (κ3) is 3.54. The van der Waals surface area contributed by atoms with E-state index in [0.717, 1.165) is 36.1 Å². The summed E-state index contributed by atoms with van der Waals surface area (Å²) in [5.41, 5.74) is 1.76. The second-order valence-corrected chi connectivity index (χ2v) is 7.33. The first-order chi connectivity index (χ1) is 10.9. The Balaban J connectivity index is 1.99. The van der Waals surface area contributed by atoms with Crippen LogP contribution in [0, 0.1) is 0 Å². The molecule has 7 heteroatoms. The number of carbonyl (C=O) groups excluding carboxylic acids is 2. The molecule has 0 radical (unpaired) electrons. The molecule has 0 aliphatic carbocycles. The lowest BCUT2D eigenvalue weighted by molar-refractivity contribution is -0.115. The summed E-state index contributed by atoms with van der Waals surface area (Å²) in [6, 6.07) is 6.32. The molecule has 2 fully saturated rings. The molecular weight excluding hydrogens is 334 g/mol. The molecule has 0 saturated carbocycles. The second kappa shape index (κ2) is 6.55. The van der Waals surface area contributed by atoms with Crippen molar-refractivity contribution in [3.63, 3.8) is 0 Å². The standard InChI is InChI=1S/C16H18ClN3O2S/c1-9-7-20(8-10(2)18-9)14-11(4-3-5-12(14)17)6-13-15(21)19-16(22)23-13/h3-6,9-10,18H,7-8H2,1-2H3,(H,19,21,22)/b13-6+/t9-,10+. The van der Waals surface area contributed by atoms with E-state index in [1.807, 2.05) is 18.2 Å². The highest BCUT2D eigenvalue weighted by Gasteiger charge is 2.27. The zero-order valence-corrected chi connectivity index (χ0v) is 14.5. The number of hydrogen-bond donors (Lipinski definition) is 2. The van der Waals surface area contributed by atoms with Crippen LogP contribution in [0.1, 0.15) is 19.4 Å². The number of piperazine rings is 1. The van der Waals surface area contributed by atoms with Crippen molar-refractivity contribution >= 4 is 46.3 Å². The van der Waals surface area contributed by atoms with Crippen LogP contribution in [0.25, 0.3) is 6.08 Å². The molecule has 1 aromatic rings. The quantitative estimate of drug-likeness (QED) is 0.802. The number of rotatable bonds is 2. The zero-order chi connectivity index (χ0) is 16.6. The minimum absolute atomic E-state index is 0.339. The Labute approximate surface area is 144 Å². The molecule has 0 bridgehead atoms. The number of hydrogen-bond acceptors (Lipinski definition) is 5. The molecule has 2 aliphatic heterocycles. The van der Waals surface area contributed by atoms with Crippen LogP contribution < -0.4 is 15.5 Å². The molecular formula is C16H18ClN3O2S. The normalized spacial score (nSPS) is 26.7. The Morgan fingerprint density at radius 3 is 2.57 bits per heavy atom. The summed E-state index contributed by atoms with van der Waals surface area (Å²) in [5.74, 6) is -0.354. The lowest BCUT2D eigenvalue weighted by atomic mass is 10.1. The smallest absolute Gasteiger partial charge is 0.290 e. The van der Waals surface area contributed by atoms with Crippen molar-refractivity contribution in [2.45, 2.75) is 25.9 Å². The van der Waals surface area contributed by atoms with Gasteiger partial charge in [-0.15, -0.1) is 0 Å². The zero-order valence-electron chi connectivity index (χ0n) is 12.9. The molecule has 5 nitrogen and oxygen atoms in total. The first kappa shape index (κ1) is 16.4. The number of para-hydroxylation sites is 1. The molecule has 122 valence electrons. The second-order valence-electron chi connectivity index (χ2n) is 5.90. The predicted molar refractivity (Wildman–Crippen MR) is 94.8 cm³/mol. The molecule has 0 unspecified atom stereocenters. The van der Waals surface area contributed by atoms with E-state index in [1.54, 1.807) is 6.08 Å². The Hall–Kier alpha value is -1.50. The predicted octanol–water partition coefficient (Wildman–Crippen LogP) is 2.85. The van der Waals surface area contributed by atoms with Gasteiger partial charge in [-0.1, -0.05) is 23.7 Å². The third-order valence-electron chi connectivity index (χ3n) is 3.82. The summed E-state index contributed by atoms with van der Waals surface area (Å²) in [6.45, 7) is 5.94. The summed E-state index contributed by atoms with van der Waals surface area (Å²) in [5, 5.41) is 6.08. The number of imide groups is 1. The van der Waals surface area contributed by atoms with Gasteiger partial charge in [-0.3, -0.25) is 14.9 Å². The highest BCUT2D eigenvalue weighted by atomic mass is 35.5. The number of benzene rings is 1. The topological polar surface area (TPSA) is 61.4 Å². The first-order valence-electron chi connectivity index (χ1n) is 7.48. The Kier molecular flexibility index (Phi) is 4.66. The molecule has 2 atom stereocenters. The van der Waals surface area contributed by atoms with E-state index in [-0.39, 0.29) is 11.1 Å². The molecule has 3 rings (SSSR count). The number of amides is 2. The van der Waals surface area contributed by atoms with Crippen LogP contribution >= 0.6 is 23.4 Å². The van der Waals surface area contributed by atoms with Crippen molar-refractivity contribution in [1.82, 2.24) is 10.6 Å². The molecule has 2 N–H and O–H groups in total. The van der Waals surface area contributed by atoms with E-state index in [0.29, 0.717) is 22.0 Å². The van der Waals surface area contributed by atoms with Crippen LogP contribution in [0.2, 0.25) is 5.02 Å². The van der Waals surface area contributed by atoms with Gasteiger partial charge >= 0.3 is 0 Å². The summed E-state index contributed by atoms with van der Waals surface area (Å²) in [7, 11) is 0. The van der Waals surface area contributed by atoms with Crippen molar-refractivity contribution in [3.8, 4) is 0 Å². The van der Waals surface area contributed by atoms with Gasteiger partial charge in [0.2, 0.25) is 0 Å². The van der Waals surface area contributed by atoms with Crippen LogP contribution in [-0.2, 0) is 4.79 Å². The fourth-order valence-electron chi connectivity index (χ4n) is 3.05. The van der Waals surface area contributed by atoms with E-state index in [1.165, 1.54) is 0 Å². The van der Waals surface area contributed by atoms with Crippen LogP contribution in [0.5, 0.6) is 0 Å². The average molecular weight is 352 g/mol. The summed E-state index contributed by atoms with van der Waals surface area (Å²) < 4.78 is 0. The minimum atomic E-state index is -0.354. The number of anilines is 1. The molecule has 2 heterocycles. The van der Waals surface area contributed by atoms with Crippen LogP contribution in [0.3, 0.4) is 0 Å². The van der Waals surface area contributed by atoms with Gasteiger partial charge < -0.3 is 10.2 Å². The molecule has 1 aromatic carbocycles. The molecule has 2 saturated heterocycles. The highest BCUT2D eigenvalue weighted by molar-refractivity contribution is 8.18. The van der Waals surface area contributed by atoms with Gasteiger partial charge in [0.1, 0.15) is 0 Å². The number of nitrogens with one attached hydrogen (secondary N) is 2. The van der Waals surface area contributed by atoms with Gasteiger partial charge in [-0.25, -0.2) is 0 Å². The fourth-order valence-corrected chi connectivity index (χ4v) is 4.03. The first-order valence-corrected chi connectivity index (χ1v) is 8.68. The maximum atomic E-state index is 11.8. The van der Waals surface area contributed by atoms with Gasteiger partial charge in [0.25, 0.3) is 11.1 Å². The number of carbonyl (C=O) groups is 2. The molecule has 23 heavy (non-hydrogen) atoms. The van der Waals surface area contributed by atoms with Crippen molar-refractivity contribution in [2.24, 2.45) is 0 Å². The Bertz CT molecular complexity index is 682. The summed E-state index contributed by atoms with van der Waals surface area (Å²) >= 11 is 7.36. The van der Waals surface area contributed by atoms with Crippen LogP contribution in [0.4, 0.5) is 10.5 Å². The van der Waals surface area contributed by atoms with E-state index < -0.39 is 0 Å². The summed E-state index contributed by atoms with van der Waals surface area (Å²) in [6.07, 6.45) is 1.74. The monoisotopic (exact) mass is 351 g/mol. The number of halogens is 1. The van der Waals surface area contributed by atoms with Crippen molar-refractivity contribution < 1.29 is 9.59 Å². The largest absolute Gasteiger partial charge is 0.367 e. The van der Waals surface area contributed by atoms with Gasteiger partial charge in [-0.2, -0.15) is 0 Å². The van der Waals surface area contributed by atoms with E-state index in [2.05, 4.69) is 29.4 Å². The molecule has 0 aromatic heterocycles. The van der Waals surface area contributed by atoms with Crippen molar-refractivity contribution in [1.29, 1.82) is 0 Å².